The highest BCUT2D eigenvalue weighted by Crippen LogP contribution is 2.10. The van der Waals surface area contributed by atoms with Crippen molar-refractivity contribution in [3.63, 3.8) is 0 Å². The summed E-state index contributed by atoms with van der Waals surface area (Å²) in [5.74, 6) is 2.18. The number of furan rings is 1. The molecule has 0 aliphatic rings. The van der Waals surface area contributed by atoms with Gasteiger partial charge < -0.3 is 9.73 Å². The maximum Gasteiger partial charge on any atom is 0.164 e. The molecule has 0 saturated carbocycles. The van der Waals surface area contributed by atoms with Gasteiger partial charge in [-0.3, -0.25) is 0 Å². The van der Waals surface area contributed by atoms with Crippen LogP contribution in [0.1, 0.15) is 19.1 Å². The van der Waals surface area contributed by atoms with Gasteiger partial charge in [-0.25, -0.2) is 0 Å². The van der Waals surface area contributed by atoms with Crippen molar-refractivity contribution in [3.05, 3.63) is 21.7 Å². The maximum atomic E-state index is 5.47. The summed E-state index contributed by atoms with van der Waals surface area (Å²) in [4.78, 5) is 0. The molecular weight excluding hydrogens is 309 g/mol. The Morgan fingerprint density at radius 3 is 2.86 bits per heavy atom. The smallest absolute Gasteiger partial charge is 0.164 e. The van der Waals surface area contributed by atoms with Gasteiger partial charge in [0.1, 0.15) is 5.76 Å². The van der Waals surface area contributed by atoms with Crippen LogP contribution in [0.4, 0.5) is 0 Å². The largest absolute Gasteiger partial charge is 0.454 e. The second kappa shape index (κ2) is 6.74. The Morgan fingerprint density at radius 2 is 2.36 bits per heavy atom. The lowest BCUT2D eigenvalue weighted by Crippen LogP contribution is -2.29. The van der Waals surface area contributed by atoms with Gasteiger partial charge in [0.25, 0.3) is 0 Å². The van der Waals surface area contributed by atoms with Gasteiger partial charge in [-0.2, -0.15) is 11.8 Å². The van der Waals surface area contributed by atoms with Gasteiger partial charge in [0.15, 0.2) is 3.77 Å². The highest BCUT2D eigenvalue weighted by molar-refractivity contribution is 14.1. The number of hydrogen-bond acceptors (Lipinski definition) is 3. The molecule has 1 N–H and O–H groups in total. The van der Waals surface area contributed by atoms with E-state index in [9.17, 15) is 0 Å². The van der Waals surface area contributed by atoms with Crippen molar-refractivity contribution in [3.8, 4) is 0 Å². The molecular formula is C10H16INOS. The normalized spacial score (nSPS) is 13.1. The number of hydrogen-bond donors (Lipinski definition) is 1. The summed E-state index contributed by atoms with van der Waals surface area (Å²) in [5.41, 5.74) is 0. The standard InChI is InChI=1S/C10H16INOS/c1-3-8(7-14-2)12-6-9-4-5-10(11)13-9/h4-5,8,12H,3,6-7H2,1-2H3. The van der Waals surface area contributed by atoms with E-state index >= 15 is 0 Å². The quantitative estimate of drug-likeness (QED) is 0.814. The Bertz CT molecular complexity index is 264. The second-order valence-electron chi connectivity index (χ2n) is 3.15. The molecule has 14 heavy (non-hydrogen) atoms. The molecule has 1 unspecified atom stereocenters. The fourth-order valence-corrected chi connectivity index (χ4v) is 2.43. The van der Waals surface area contributed by atoms with Crippen molar-refractivity contribution >= 4 is 34.4 Å². The summed E-state index contributed by atoms with van der Waals surface area (Å²) >= 11 is 4.07. The molecule has 1 rings (SSSR count). The van der Waals surface area contributed by atoms with Crippen molar-refractivity contribution in [2.24, 2.45) is 0 Å². The summed E-state index contributed by atoms with van der Waals surface area (Å²) in [7, 11) is 0. The summed E-state index contributed by atoms with van der Waals surface area (Å²) in [6, 6.07) is 4.61. The molecule has 0 radical (unpaired) electrons. The highest BCUT2D eigenvalue weighted by atomic mass is 127. The van der Waals surface area contributed by atoms with E-state index in [4.69, 9.17) is 4.42 Å². The molecule has 0 aliphatic carbocycles. The van der Waals surface area contributed by atoms with Crippen LogP contribution in [0.5, 0.6) is 0 Å². The lowest BCUT2D eigenvalue weighted by atomic mass is 10.2. The van der Waals surface area contributed by atoms with Gasteiger partial charge in [0.05, 0.1) is 6.54 Å². The van der Waals surface area contributed by atoms with Gasteiger partial charge in [0.2, 0.25) is 0 Å². The zero-order valence-corrected chi connectivity index (χ0v) is 11.5. The Kier molecular flexibility index (Phi) is 5.96. The van der Waals surface area contributed by atoms with Gasteiger partial charge in [-0.1, -0.05) is 6.92 Å². The SMILES string of the molecule is CCC(CSC)NCc1ccc(I)o1. The van der Waals surface area contributed by atoms with Crippen LogP contribution in [0, 0.1) is 3.77 Å². The van der Waals surface area contributed by atoms with Gasteiger partial charge in [-0.05, 0) is 47.4 Å². The molecule has 0 aromatic carbocycles. The minimum atomic E-state index is 0.591. The summed E-state index contributed by atoms with van der Waals surface area (Å²) in [6.45, 7) is 3.04. The Labute approximate surface area is 103 Å². The monoisotopic (exact) mass is 325 g/mol. The average Bonchev–Trinajstić information content (AvgIpc) is 2.59. The molecule has 0 fully saturated rings. The molecule has 0 spiro atoms. The number of thioether (sulfide) groups is 1. The first-order chi connectivity index (χ1) is 6.76. The lowest BCUT2D eigenvalue weighted by Gasteiger charge is -2.14. The number of halogens is 1. The number of rotatable bonds is 6. The molecule has 1 aromatic heterocycles. The summed E-state index contributed by atoms with van der Waals surface area (Å²) < 4.78 is 6.43. The fourth-order valence-electron chi connectivity index (χ4n) is 1.21. The zero-order chi connectivity index (χ0) is 10.4. The van der Waals surface area contributed by atoms with E-state index in [1.165, 1.54) is 6.42 Å². The molecule has 1 heterocycles. The van der Waals surface area contributed by atoms with E-state index in [-0.39, 0.29) is 0 Å². The van der Waals surface area contributed by atoms with E-state index in [1.807, 2.05) is 23.9 Å². The molecule has 2 nitrogen and oxygen atoms in total. The van der Waals surface area contributed by atoms with Crippen LogP contribution in [-0.4, -0.2) is 18.1 Å². The molecule has 0 bridgehead atoms. The lowest BCUT2D eigenvalue weighted by molar-refractivity contribution is 0.439. The van der Waals surface area contributed by atoms with Crippen molar-refractivity contribution in [1.29, 1.82) is 0 Å². The van der Waals surface area contributed by atoms with Gasteiger partial charge >= 0.3 is 0 Å². The first-order valence-corrected chi connectivity index (χ1v) is 7.20. The molecule has 4 heteroatoms. The predicted molar refractivity (Wildman–Crippen MR) is 70.7 cm³/mol. The van der Waals surface area contributed by atoms with Crippen LogP contribution in [0.25, 0.3) is 0 Å². The third-order valence-electron chi connectivity index (χ3n) is 2.05. The molecule has 1 atom stereocenters. The van der Waals surface area contributed by atoms with Crippen molar-refractivity contribution < 1.29 is 4.42 Å². The Morgan fingerprint density at radius 1 is 1.57 bits per heavy atom. The predicted octanol–water partition coefficient (Wildman–Crippen LogP) is 3.12. The van der Waals surface area contributed by atoms with Crippen LogP contribution in [0.2, 0.25) is 0 Å². The first-order valence-electron chi connectivity index (χ1n) is 4.72. The van der Waals surface area contributed by atoms with Gasteiger partial charge in [-0.15, -0.1) is 0 Å². The van der Waals surface area contributed by atoms with E-state index in [0.29, 0.717) is 6.04 Å². The minimum Gasteiger partial charge on any atom is -0.454 e. The molecule has 0 aliphatic heterocycles. The third-order valence-corrected chi connectivity index (χ3v) is 3.37. The summed E-state index contributed by atoms with van der Waals surface area (Å²) in [6.07, 6.45) is 3.30. The van der Waals surface area contributed by atoms with E-state index < -0.39 is 0 Å². The zero-order valence-electron chi connectivity index (χ0n) is 8.55. The highest BCUT2D eigenvalue weighted by Gasteiger charge is 2.05. The topological polar surface area (TPSA) is 25.2 Å². The van der Waals surface area contributed by atoms with Crippen LogP contribution >= 0.6 is 34.4 Å². The van der Waals surface area contributed by atoms with Crippen LogP contribution in [0.15, 0.2) is 16.5 Å². The van der Waals surface area contributed by atoms with Crippen molar-refractivity contribution in [2.45, 2.75) is 25.9 Å². The van der Waals surface area contributed by atoms with E-state index in [1.54, 1.807) is 0 Å². The number of nitrogens with one attached hydrogen (secondary N) is 1. The summed E-state index contributed by atoms with van der Waals surface area (Å²) in [5, 5.41) is 3.48. The Hall–Kier alpha value is 0.320. The molecule has 0 amide bonds. The third kappa shape index (κ3) is 4.23. The molecule has 80 valence electrons. The average molecular weight is 325 g/mol. The van der Waals surface area contributed by atoms with Crippen molar-refractivity contribution in [2.75, 3.05) is 12.0 Å². The van der Waals surface area contributed by atoms with Crippen LogP contribution in [0.3, 0.4) is 0 Å². The van der Waals surface area contributed by atoms with E-state index in [0.717, 1.165) is 21.8 Å². The molecule has 0 saturated heterocycles. The Balaban J connectivity index is 2.31. The van der Waals surface area contributed by atoms with Crippen LogP contribution in [-0.2, 0) is 6.54 Å². The van der Waals surface area contributed by atoms with Crippen molar-refractivity contribution in [1.82, 2.24) is 5.32 Å². The maximum absolute atomic E-state index is 5.47. The van der Waals surface area contributed by atoms with Crippen LogP contribution < -0.4 is 5.32 Å². The molecule has 1 aromatic rings. The fraction of sp³-hybridized carbons (Fsp3) is 0.600. The first kappa shape index (κ1) is 12.4. The van der Waals surface area contributed by atoms with Gasteiger partial charge in [0, 0.05) is 11.8 Å². The minimum absolute atomic E-state index is 0.591. The second-order valence-corrected chi connectivity index (χ2v) is 5.12. The van der Waals surface area contributed by atoms with E-state index in [2.05, 4.69) is 41.1 Å².